The maximum atomic E-state index is 12.1. The summed E-state index contributed by atoms with van der Waals surface area (Å²) in [6.07, 6.45) is 4.66. The third kappa shape index (κ3) is 3.15. The summed E-state index contributed by atoms with van der Waals surface area (Å²) >= 11 is 0. The SMILES string of the molecule is CC1CCCC(NC(=O)c2ccc(C(=O)O)nc2)C1C. The lowest BCUT2D eigenvalue weighted by Crippen LogP contribution is -2.43. The second kappa shape index (κ2) is 6.03. The highest BCUT2D eigenvalue weighted by atomic mass is 16.4. The van der Waals surface area contributed by atoms with Gasteiger partial charge in [-0.25, -0.2) is 9.78 Å². The molecule has 0 aromatic carbocycles. The molecule has 1 amide bonds. The van der Waals surface area contributed by atoms with E-state index in [-0.39, 0.29) is 17.6 Å². The molecule has 2 rings (SSSR count). The fraction of sp³-hybridized carbons (Fsp3) is 0.533. The molecule has 2 N–H and O–H groups in total. The van der Waals surface area contributed by atoms with Gasteiger partial charge in [-0.1, -0.05) is 26.7 Å². The van der Waals surface area contributed by atoms with Gasteiger partial charge in [-0.3, -0.25) is 4.79 Å². The van der Waals surface area contributed by atoms with Crippen LogP contribution < -0.4 is 5.32 Å². The third-order valence-corrected chi connectivity index (χ3v) is 4.27. The molecule has 20 heavy (non-hydrogen) atoms. The molecule has 3 unspecified atom stereocenters. The Morgan fingerprint density at radius 3 is 2.65 bits per heavy atom. The Balaban J connectivity index is 2.02. The standard InChI is InChI=1S/C15H20N2O3/c1-9-4-3-5-12(10(9)2)17-14(18)11-6-7-13(15(19)20)16-8-11/h6-10,12H,3-5H2,1-2H3,(H,17,18)(H,19,20). The minimum absolute atomic E-state index is 0.0544. The number of carboxylic acid groups (broad SMARTS) is 1. The second-order valence-corrected chi connectivity index (χ2v) is 5.58. The highest BCUT2D eigenvalue weighted by Gasteiger charge is 2.28. The molecule has 1 aromatic rings. The van der Waals surface area contributed by atoms with Gasteiger partial charge in [-0.05, 0) is 30.4 Å². The van der Waals surface area contributed by atoms with Gasteiger partial charge >= 0.3 is 5.97 Å². The molecule has 5 heteroatoms. The molecule has 3 atom stereocenters. The van der Waals surface area contributed by atoms with Crippen LogP contribution in [0.5, 0.6) is 0 Å². The van der Waals surface area contributed by atoms with Crippen molar-refractivity contribution in [1.82, 2.24) is 10.3 Å². The van der Waals surface area contributed by atoms with Crippen molar-refractivity contribution in [1.29, 1.82) is 0 Å². The van der Waals surface area contributed by atoms with Crippen LogP contribution in [0.15, 0.2) is 18.3 Å². The van der Waals surface area contributed by atoms with Crippen LogP contribution in [-0.4, -0.2) is 28.0 Å². The molecule has 0 aliphatic heterocycles. The number of hydrogen-bond donors (Lipinski definition) is 2. The molecule has 1 heterocycles. The lowest BCUT2D eigenvalue weighted by atomic mass is 9.78. The van der Waals surface area contributed by atoms with Gasteiger partial charge in [0.05, 0.1) is 5.56 Å². The number of nitrogens with zero attached hydrogens (tertiary/aromatic N) is 1. The average Bonchev–Trinajstić information content (AvgIpc) is 2.44. The summed E-state index contributed by atoms with van der Waals surface area (Å²) in [6.45, 7) is 4.38. The van der Waals surface area contributed by atoms with E-state index in [2.05, 4.69) is 24.1 Å². The van der Waals surface area contributed by atoms with Crippen LogP contribution in [0.1, 0.15) is 54.0 Å². The number of amides is 1. The molecule has 1 aliphatic carbocycles. The third-order valence-electron chi connectivity index (χ3n) is 4.27. The molecule has 0 radical (unpaired) electrons. The van der Waals surface area contributed by atoms with Crippen LogP contribution in [-0.2, 0) is 0 Å². The van der Waals surface area contributed by atoms with Crippen molar-refractivity contribution >= 4 is 11.9 Å². The highest BCUT2D eigenvalue weighted by molar-refractivity contribution is 5.95. The van der Waals surface area contributed by atoms with Crippen molar-refractivity contribution in [3.8, 4) is 0 Å². The number of aromatic nitrogens is 1. The van der Waals surface area contributed by atoms with Crippen LogP contribution >= 0.6 is 0 Å². The minimum atomic E-state index is -1.09. The van der Waals surface area contributed by atoms with E-state index < -0.39 is 5.97 Å². The second-order valence-electron chi connectivity index (χ2n) is 5.58. The fourth-order valence-corrected chi connectivity index (χ4v) is 2.69. The topological polar surface area (TPSA) is 79.3 Å². The number of hydrogen-bond acceptors (Lipinski definition) is 3. The van der Waals surface area contributed by atoms with Gasteiger partial charge in [-0.2, -0.15) is 0 Å². The average molecular weight is 276 g/mol. The molecule has 5 nitrogen and oxygen atoms in total. The van der Waals surface area contributed by atoms with Crippen molar-refractivity contribution in [2.75, 3.05) is 0 Å². The van der Waals surface area contributed by atoms with Gasteiger partial charge in [0.15, 0.2) is 0 Å². The van der Waals surface area contributed by atoms with Gasteiger partial charge in [0.25, 0.3) is 5.91 Å². The van der Waals surface area contributed by atoms with Crippen molar-refractivity contribution in [3.63, 3.8) is 0 Å². The molecule has 0 spiro atoms. The van der Waals surface area contributed by atoms with Gasteiger partial charge in [0.1, 0.15) is 5.69 Å². The van der Waals surface area contributed by atoms with Crippen molar-refractivity contribution in [3.05, 3.63) is 29.6 Å². The van der Waals surface area contributed by atoms with Crippen LogP contribution in [0.4, 0.5) is 0 Å². The predicted molar refractivity (Wildman–Crippen MR) is 74.6 cm³/mol. The summed E-state index contributed by atoms with van der Waals surface area (Å²) in [6, 6.07) is 3.04. The van der Waals surface area contributed by atoms with Crippen molar-refractivity contribution in [2.45, 2.75) is 39.2 Å². The van der Waals surface area contributed by atoms with Gasteiger partial charge in [-0.15, -0.1) is 0 Å². The van der Waals surface area contributed by atoms with E-state index >= 15 is 0 Å². The molecule has 1 aliphatic rings. The van der Waals surface area contributed by atoms with Crippen LogP contribution in [0, 0.1) is 11.8 Å². The van der Waals surface area contributed by atoms with Crippen molar-refractivity contribution in [2.24, 2.45) is 11.8 Å². The Kier molecular flexibility index (Phi) is 4.37. The number of carbonyl (C=O) groups is 2. The Labute approximate surface area is 118 Å². The van der Waals surface area contributed by atoms with E-state index in [1.54, 1.807) is 0 Å². The van der Waals surface area contributed by atoms with E-state index in [4.69, 9.17) is 5.11 Å². The zero-order valence-electron chi connectivity index (χ0n) is 11.8. The zero-order valence-corrected chi connectivity index (χ0v) is 11.8. The first kappa shape index (κ1) is 14.5. The quantitative estimate of drug-likeness (QED) is 0.888. The van der Waals surface area contributed by atoms with E-state index in [0.29, 0.717) is 17.4 Å². The number of aromatic carboxylic acids is 1. The van der Waals surface area contributed by atoms with E-state index in [0.717, 1.165) is 12.8 Å². The summed E-state index contributed by atoms with van der Waals surface area (Å²) in [5, 5.41) is 11.8. The largest absolute Gasteiger partial charge is 0.477 e. The van der Waals surface area contributed by atoms with E-state index in [9.17, 15) is 9.59 Å². The fourth-order valence-electron chi connectivity index (χ4n) is 2.69. The minimum Gasteiger partial charge on any atom is -0.477 e. The predicted octanol–water partition coefficient (Wildman–Crippen LogP) is 2.33. The number of nitrogens with one attached hydrogen (secondary N) is 1. The zero-order chi connectivity index (χ0) is 14.7. The Hall–Kier alpha value is -1.91. The molecule has 1 saturated carbocycles. The summed E-state index contributed by atoms with van der Waals surface area (Å²) < 4.78 is 0. The number of rotatable bonds is 3. The summed E-state index contributed by atoms with van der Waals surface area (Å²) in [5.74, 6) is -0.201. The Morgan fingerprint density at radius 1 is 1.30 bits per heavy atom. The molecule has 1 aromatic heterocycles. The summed E-state index contributed by atoms with van der Waals surface area (Å²) in [4.78, 5) is 26.6. The maximum absolute atomic E-state index is 12.1. The Bertz CT molecular complexity index is 498. The van der Waals surface area contributed by atoms with Gasteiger partial charge in [0.2, 0.25) is 0 Å². The normalized spacial score (nSPS) is 26.0. The summed E-state index contributed by atoms with van der Waals surface area (Å²) in [7, 11) is 0. The van der Waals surface area contributed by atoms with E-state index in [1.807, 2.05) is 0 Å². The first-order valence-corrected chi connectivity index (χ1v) is 6.99. The Morgan fingerprint density at radius 2 is 2.05 bits per heavy atom. The first-order valence-electron chi connectivity index (χ1n) is 6.99. The highest BCUT2D eigenvalue weighted by Crippen LogP contribution is 2.29. The molecule has 0 saturated heterocycles. The molecular formula is C15H20N2O3. The van der Waals surface area contributed by atoms with Crippen LogP contribution in [0.2, 0.25) is 0 Å². The lowest BCUT2D eigenvalue weighted by Gasteiger charge is -2.34. The molecule has 1 fully saturated rings. The number of carbonyl (C=O) groups excluding carboxylic acids is 1. The molecule has 108 valence electrons. The molecule has 0 bridgehead atoms. The summed E-state index contributed by atoms with van der Waals surface area (Å²) in [5.41, 5.74) is 0.349. The van der Waals surface area contributed by atoms with Gasteiger partial charge in [0, 0.05) is 12.2 Å². The first-order chi connectivity index (χ1) is 9.49. The maximum Gasteiger partial charge on any atom is 0.354 e. The van der Waals surface area contributed by atoms with Crippen LogP contribution in [0.3, 0.4) is 0 Å². The van der Waals surface area contributed by atoms with E-state index in [1.165, 1.54) is 24.8 Å². The smallest absolute Gasteiger partial charge is 0.354 e. The number of carboxylic acids is 1. The van der Waals surface area contributed by atoms with Crippen LogP contribution in [0.25, 0.3) is 0 Å². The lowest BCUT2D eigenvalue weighted by molar-refractivity contribution is 0.0689. The van der Waals surface area contributed by atoms with Crippen molar-refractivity contribution < 1.29 is 14.7 Å². The molecular weight excluding hydrogens is 256 g/mol. The monoisotopic (exact) mass is 276 g/mol. The van der Waals surface area contributed by atoms with Gasteiger partial charge < -0.3 is 10.4 Å². The number of pyridine rings is 1.